The number of thioether (sulfide) groups is 1. The molecule has 0 atom stereocenters. The minimum Gasteiger partial charge on any atom is -0.496 e. The third kappa shape index (κ3) is 4.11. The molecule has 2 aromatic rings. The largest absolute Gasteiger partial charge is 0.496 e. The monoisotopic (exact) mass is 386 g/mol. The first kappa shape index (κ1) is 18.5. The summed E-state index contributed by atoms with van der Waals surface area (Å²) in [6, 6.07) is 15.0. The Kier molecular flexibility index (Phi) is 6.01. The number of ether oxygens (including phenoxy) is 1. The molecule has 1 fully saturated rings. The molecule has 26 heavy (non-hydrogen) atoms. The maximum Gasteiger partial charge on any atom is 0.266 e. The molecule has 1 aliphatic heterocycles. The van der Waals surface area contributed by atoms with Crippen LogP contribution in [0.4, 0.5) is 5.69 Å². The first-order valence-corrected chi connectivity index (χ1v) is 9.50. The highest BCUT2D eigenvalue weighted by Crippen LogP contribution is 2.36. The summed E-state index contributed by atoms with van der Waals surface area (Å²) in [5, 5.41) is 1.28. The minimum absolute atomic E-state index is 0.0476. The van der Waals surface area contributed by atoms with Crippen molar-refractivity contribution in [2.24, 2.45) is 4.99 Å². The van der Waals surface area contributed by atoms with E-state index in [0.29, 0.717) is 27.4 Å². The van der Waals surface area contributed by atoms with Crippen LogP contribution in [-0.2, 0) is 4.79 Å². The number of benzene rings is 2. The quantitative estimate of drug-likeness (QED) is 0.649. The first-order valence-electron chi connectivity index (χ1n) is 8.31. The van der Waals surface area contributed by atoms with Crippen molar-refractivity contribution in [3.63, 3.8) is 0 Å². The van der Waals surface area contributed by atoms with Crippen LogP contribution in [0.25, 0.3) is 6.08 Å². The van der Waals surface area contributed by atoms with Crippen LogP contribution in [0.2, 0.25) is 5.02 Å². The number of amides is 1. The zero-order valence-electron chi connectivity index (χ0n) is 14.6. The summed E-state index contributed by atoms with van der Waals surface area (Å²) in [7, 11) is 1.60. The van der Waals surface area contributed by atoms with E-state index in [-0.39, 0.29) is 5.91 Å². The SMILES string of the molecule is CCCN1C(=O)/C(=C/c2cc(Cl)ccc2OC)SC1=Nc1ccccc1. The molecule has 134 valence electrons. The number of halogens is 1. The summed E-state index contributed by atoms with van der Waals surface area (Å²) >= 11 is 7.47. The number of aliphatic imine (C=N–C) groups is 1. The molecule has 1 aliphatic rings. The minimum atomic E-state index is -0.0476. The highest BCUT2D eigenvalue weighted by atomic mass is 35.5. The summed E-state index contributed by atoms with van der Waals surface area (Å²) < 4.78 is 5.38. The lowest BCUT2D eigenvalue weighted by Crippen LogP contribution is -2.29. The molecule has 1 amide bonds. The Morgan fingerprint density at radius 1 is 1.23 bits per heavy atom. The second-order valence-electron chi connectivity index (χ2n) is 5.68. The molecule has 2 aromatic carbocycles. The molecule has 0 unspecified atom stereocenters. The Hall–Kier alpha value is -2.24. The second-order valence-corrected chi connectivity index (χ2v) is 7.13. The smallest absolute Gasteiger partial charge is 0.266 e. The van der Waals surface area contributed by atoms with Crippen molar-refractivity contribution >= 4 is 46.2 Å². The molecule has 0 aromatic heterocycles. The van der Waals surface area contributed by atoms with Crippen LogP contribution in [0, 0.1) is 0 Å². The lowest BCUT2D eigenvalue weighted by Gasteiger charge is -2.13. The van der Waals surface area contributed by atoms with Gasteiger partial charge in [-0.05, 0) is 54.6 Å². The van der Waals surface area contributed by atoms with E-state index < -0.39 is 0 Å². The van der Waals surface area contributed by atoms with E-state index in [1.165, 1.54) is 11.8 Å². The van der Waals surface area contributed by atoms with Gasteiger partial charge in [-0.15, -0.1) is 0 Å². The van der Waals surface area contributed by atoms with Gasteiger partial charge in [-0.2, -0.15) is 0 Å². The van der Waals surface area contributed by atoms with E-state index in [9.17, 15) is 4.79 Å². The topological polar surface area (TPSA) is 41.9 Å². The van der Waals surface area contributed by atoms with Crippen molar-refractivity contribution in [1.82, 2.24) is 4.90 Å². The van der Waals surface area contributed by atoms with E-state index >= 15 is 0 Å². The van der Waals surface area contributed by atoms with E-state index in [4.69, 9.17) is 16.3 Å². The molecule has 1 saturated heterocycles. The summed E-state index contributed by atoms with van der Waals surface area (Å²) in [5.41, 5.74) is 1.60. The van der Waals surface area contributed by atoms with Gasteiger partial charge >= 0.3 is 0 Å². The van der Waals surface area contributed by atoms with E-state index in [1.54, 1.807) is 30.2 Å². The molecule has 6 heteroatoms. The van der Waals surface area contributed by atoms with E-state index in [1.807, 2.05) is 43.3 Å². The number of rotatable bonds is 5. The molecule has 0 N–H and O–H groups in total. The van der Waals surface area contributed by atoms with Crippen molar-refractivity contribution in [3.8, 4) is 5.75 Å². The number of carbonyl (C=O) groups excluding carboxylic acids is 1. The second kappa shape index (κ2) is 8.43. The summed E-state index contributed by atoms with van der Waals surface area (Å²) in [4.78, 5) is 19.8. The van der Waals surface area contributed by atoms with Gasteiger partial charge in [-0.3, -0.25) is 9.69 Å². The van der Waals surface area contributed by atoms with E-state index in [2.05, 4.69) is 4.99 Å². The van der Waals surface area contributed by atoms with E-state index in [0.717, 1.165) is 17.7 Å². The third-order valence-electron chi connectivity index (χ3n) is 3.79. The van der Waals surface area contributed by atoms with Crippen LogP contribution in [0.5, 0.6) is 5.75 Å². The molecule has 3 rings (SSSR count). The van der Waals surface area contributed by atoms with Crippen LogP contribution in [-0.4, -0.2) is 29.6 Å². The molecular formula is C20H19ClN2O2S. The molecule has 4 nitrogen and oxygen atoms in total. The average Bonchev–Trinajstić information content (AvgIpc) is 2.92. The molecule has 1 heterocycles. The Morgan fingerprint density at radius 2 is 2.00 bits per heavy atom. The van der Waals surface area contributed by atoms with Crippen LogP contribution in [0.1, 0.15) is 18.9 Å². The van der Waals surface area contributed by atoms with Gasteiger partial charge in [-0.25, -0.2) is 4.99 Å². The molecule has 0 bridgehead atoms. The number of methoxy groups -OCH3 is 1. The fraction of sp³-hybridized carbons (Fsp3) is 0.200. The molecule has 0 saturated carbocycles. The normalized spacial score (nSPS) is 17.3. The lowest BCUT2D eigenvalue weighted by molar-refractivity contribution is -0.122. The Bertz CT molecular complexity index is 865. The highest BCUT2D eigenvalue weighted by molar-refractivity contribution is 8.18. The number of nitrogens with zero attached hydrogens (tertiary/aromatic N) is 2. The van der Waals surface area contributed by atoms with Crippen LogP contribution < -0.4 is 4.74 Å². The molecular weight excluding hydrogens is 368 g/mol. The van der Waals surface area contributed by atoms with Crippen molar-refractivity contribution < 1.29 is 9.53 Å². The predicted octanol–water partition coefficient (Wildman–Crippen LogP) is 5.36. The zero-order chi connectivity index (χ0) is 18.5. The Balaban J connectivity index is 1.98. The van der Waals surface area contributed by atoms with Gasteiger partial charge in [0.1, 0.15) is 5.75 Å². The predicted molar refractivity (Wildman–Crippen MR) is 109 cm³/mol. The van der Waals surface area contributed by atoms with Gasteiger partial charge in [0.25, 0.3) is 5.91 Å². The summed E-state index contributed by atoms with van der Waals surface area (Å²) in [5.74, 6) is 0.624. The fourth-order valence-corrected chi connectivity index (χ4v) is 3.78. The standard InChI is InChI=1S/C20H19ClN2O2S/c1-3-11-23-19(24)18(13-14-12-15(21)9-10-17(14)25-2)26-20(23)22-16-7-5-4-6-8-16/h4-10,12-13H,3,11H2,1-2H3/b18-13-,22-20?. The number of hydrogen-bond donors (Lipinski definition) is 0. The molecule has 0 radical (unpaired) electrons. The van der Waals surface area contributed by atoms with Crippen LogP contribution in [0.3, 0.4) is 0 Å². The maximum atomic E-state index is 12.9. The van der Waals surface area contributed by atoms with Crippen LogP contribution in [0.15, 0.2) is 58.4 Å². The van der Waals surface area contributed by atoms with Gasteiger partial charge in [0.15, 0.2) is 5.17 Å². The summed E-state index contributed by atoms with van der Waals surface area (Å²) in [6.45, 7) is 2.67. The van der Waals surface area contributed by atoms with Crippen molar-refractivity contribution in [2.45, 2.75) is 13.3 Å². The molecule has 0 spiro atoms. The van der Waals surface area contributed by atoms with Crippen molar-refractivity contribution in [3.05, 3.63) is 64.0 Å². The van der Waals surface area contributed by atoms with Gasteiger partial charge in [-0.1, -0.05) is 36.7 Å². The average molecular weight is 387 g/mol. The zero-order valence-corrected chi connectivity index (χ0v) is 16.2. The number of amidine groups is 1. The van der Waals surface area contributed by atoms with Gasteiger partial charge in [0.05, 0.1) is 17.7 Å². The lowest BCUT2D eigenvalue weighted by atomic mass is 10.2. The third-order valence-corrected chi connectivity index (χ3v) is 5.04. The van der Waals surface area contributed by atoms with Gasteiger partial charge in [0, 0.05) is 17.1 Å². The van der Waals surface area contributed by atoms with Gasteiger partial charge in [0.2, 0.25) is 0 Å². The highest BCUT2D eigenvalue weighted by Gasteiger charge is 2.33. The fourth-order valence-electron chi connectivity index (χ4n) is 2.58. The van der Waals surface area contributed by atoms with Gasteiger partial charge < -0.3 is 4.74 Å². The van der Waals surface area contributed by atoms with Crippen molar-refractivity contribution in [2.75, 3.05) is 13.7 Å². The Morgan fingerprint density at radius 3 is 2.69 bits per heavy atom. The van der Waals surface area contributed by atoms with Crippen molar-refractivity contribution in [1.29, 1.82) is 0 Å². The maximum absolute atomic E-state index is 12.9. The first-order chi connectivity index (χ1) is 12.6. The number of hydrogen-bond acceptors (Lipinski definition) is 4. The number of carbonyl (C=O) groups is 1. The summed E-state index contributed by atoms with van der Waals surface area (Å²) in [6.07, 6.45) is 2.67. The van der Waals surface area contributed by atoms with Crippen LogP contribution >= 0.6 is 23.4 Å². The molecule has 0 aliphatic carbocycles. The number of para-hydroxylation sites is 1. The Labute approximate surface area is 162 Å².